The summed E-state index contributed by atoms with van der Waals surface area (Å²) in [4.78, 5) is 55.1. The maximum atomic E-state index is 13.5. The fourth-order valence-electron chi connectivity index (χ4n) is 6.29. The number of H-pyrrole nitrogens is 1. The fraction of sp³-hybridized carbons (Fsp3) is 0.444. The van der Waals surface area contributed by atoms with Crippen LogP contribution in [0.2, 0.25) is 0 Å². The van der Waals surface area contributed by atoms with E-state index in [1.807, 2.05) is 61.7 Å². The van der Waals surface area contributed by atoms with Crippen molar-refractivity contribution in [2.45, 2.75) is 89.9 Å². The highest BCUT2D eigenvalue weighted by Gasteiger charge is 2.30. The van der Waals surface area contributed by atoms with Crippen LogP contribution >= 0.6 is 0 Å². The second kappa shape index (κ2) is 14.7. The number of aromatic amines is 1. The molecule has 1 saturated carbocycles. The molecule has 238 valence electrons. The van der Waals surface area contributed by atoms with E-state index >= 15 is 0 Å². The lowest BCUT2D eigenvalue weighted by molar-refractivity contribution is -0.132. The zero-order chi connectivity index (χ0) is 31.9. The number of benzene rings is 2. The highest BCUT2D eigenvalue weighted by molar-refractivity contribution is 6.05. The van der Waals surface area contributed by atoms with Crippen molar-refractivity contribution in [3.05, 3.63) is 77.0 Å². The van der Waals surface area contributed by atoms with Gasteiger partial charge in [0, 0.05) is 35.5 Å². The lowest BCUT2D eigenvalue weighted by atomic mass is 9.98. The average molecular weight is 613 g/mol. The number of amides is 3. The highest BCUT2D eigenvalue weighted by Crippen LogP contribution is 2.32. The van der Waals surface area contributed by atoms with E-state index in [4.69, 9.17) is 4.74 Å². The van der Waals surface area contributed by atoms with E-state index in [-0.39, 0.29) is 12.3 Å². The third kappa shape index (κ3) is 8.28. The first-order valence-corrected chi connectivity index (χ1v) is 16.0. The molecule has 3 aliphatic rings. The molecule has 0 radical (unpaired) electrons. The van der Waals surface area contributed by atoms with Crippen LogP contribution in [0.15, 0.2) is 60.3 Å². The molecule has 3 amide bonds. The molecule has 6 rings (SSSR count). The Balaban J connectivity index is 0.000000927. The highest BCUT2D eigenvalue weighted by atomic mass is 16.6. The van der Waals surface area contributed by atoms with Gasteiger partial charge in [-0.25, -0.2) is 0 Å². The lowest BCUT2D eigenvalue weighted by Crippen LogP contribution is -2.55. The summed E-state index contributed by atoms with van der Waals surface area (Å²) >= 11 is 0. The number of para-hydroxylation sites is 1. The first kappa shape index (κ1) is 32.2. The minimum atomic E-state index is -0.927. The molecule has 0 bridgehead atoms. The number of allylic oxidation sites excluding steroid dienone is 1. The number of hydrogen-bond donors (Lipinski definition) is 4. The van der Waals surface area contributed by atoms with Crippen LogP contribution in [0.25, 0.3) is 16.5 Å². The molecule has 2 aliphatic carbocycles. The maximum absolute atomic E-state index is 13.5. The number of fused-ring (bicyclic) bond motifs is 2. The Morgan fingerprint density at radius 3 is 2.38 bits per heavy atom. The topological polar surface area (TPSA) is 133 Å². The summed E-state index contributed by atoms with van der Waals surface area (Å²) in [6, 6.07) is 13.3. The summed E-state index contributed by atoms with van der Waals surface area (Å²) in [6.07, 6.45) is 8.99. The van der Waals surface area contributed by atoms with Crippen LogP contribution in [0.4, 0.5) is 0 Å². The van der Waals surface area contributed by atoms with Crippen molar-refractivity contribution in [1.29, 1.82) is 0 Å². The quantitative estimate of drug-likeness (QED) is 0.188. The predicted molar refractivity (Wildman–Crippen MR) is 174 cm³/mol. The molecule has 45 heavy (non-hydrogen) atoms. The zero-order valence-corrected chi connectivity index (χ0v) is 26.4. The molecule has 4 N–H and O–H groups in total. The predicted octanol–water partition coefficient (Wildman–Crippen LogP) is 4.40. The van der Waals surface area contributed by atoms with Gasteiger partial charge < -0.3 is 30.5 Å². The van der Waals surface area contributed by atoms with Gasteiger partial charge in [-0.15, -0.1) is 0 Å². The van der Waals surface area contributed by atoms with Crippen molar-refractivity contribution in [2.75, 3.05) is 6.61 Å². The van der Waals surface area contributed by atoms with Crippen molar-refractivity contribution in [2.24, 2.45) is 5.92 Å². The Hall–Kier alpha value is -4.24. The Morgan fingerprint density at radius 2 is 1.69 bits per heavy atom. The van der Waals surface area contributed by atoms with Gasteiger partial charge in [-0.2, -0.15) is 0 Å². The van der Waals surface area contributed by atoms with Crippen LogP contribution in [-0.2, 0) is 36.8 Å². The SMILES string of the molecule is CC1=C(C(=O)NC(C)C(=O)NC(Cc2c[nH]c3ccccc23)C(=O)N[C@H](C=O)CC2CCCC2)Cc2ccccc21.CC1CO1. The van der Waals surface area contributed by atoms with Gasteiger partial charge in [0.2, 0.25) is 17.7 Å². The Bertz CT molecular complexity index is 1570. The summed E-state index contributed by atoms with van der Waals surface area (Å²) in [7, 11) is 0. The lowest BCUT2D eigenvalue weighted by Gasteiger charge is -2.24. The number of hydrogen-bond acceptors (Lipinski definition) is 5. The molecule has 9 nitrogen and oxygen atoms in total. The Kier molecular flexibility index (Phi) is 10.5. The minimum Gasteiger partial charge on any atom is -0.373 e. The number of epoxide rings is 1. The third-order valence-electron chi connectivity index (χ3n) is 9.04. The number of aromatic nitrogens is 1. The van der Waals surface area contributed by atoms with Gasteiger partial charge in [-0.1, -0.05) is 68.1 Å². The number of aldehydes is 1. The van der Waals surface area contributed by atoms with E-state index < -0.39 is 29.9 Å². The zero-order valence-electron chi connectivity index (χ0n) is 26.4. The van der Waals surface area contributed by atoms with E-state index in [9.17, 15) is 19.2 Å². The van der Waals surface area contributed by atoms with Gasteiger partial charge in [0.1, 0.15) is 18.4 Å². The van der Waals surface area contributed by atoms with Crippen LogP contribution in [0.5, 0.6) is 0 Å². The monoisotopic (exact) mass is 612 g/mol. The molecule has 1 aromatic heterocycles. The van der Waals surface area contributed by atoms with Crippen molar-refractivity contribution < 1.29 is 23.9 Å². The summed E-state index contributed by atoms with van der Waals surface area (Å²) in [6.45, 7) is 6.57. The molecule has 9 heteroatoms. The smallest absolute Gasteiger partial charge is 0.248 e. The van der Waals surface area contributed by atoms with Crippen molar-refractivity contribution in [3.63, 3.8) is 0 Å². The molecule has 1 aliphatic heterocycles. The average Bonchev–Trinajstić information content (AvgIpc) is 3.37. The Labute approximate surface area is 264 Å². The molecular formula is C36H44N4O5. The van der Waals surface area contributed by atoms with Crippen LogP contribution in [0.1, 0.15) is 69.6 Å². The van der Waals surface area contributed by atoms with Crippen LogP contribution in [0, 0.1) is 5.92 Å². The van der Waals surface area contributed by atoms with Crippen LogP contribution < -0.4 is 16.0 Å². The fourth-order valence-corrected chi connectivity index (χ4v) is 6.29. The number of carbonyl (C=O) groups is 4. The first-order valence-electron chi connectivity index (χ1n) is 16.0. The third-order valence-corrected chi connectivity index (χ3v) is 9.04. The van der Waals surface area contributed by atoms with E-state index in [1.165, 1.54) is 0 Å². The molecule has 3 aromatic rings. The Morgan fingerprint density at radius 1 is 1.00 bits per heavy atom. The number of rotatable bonds is 11. The van der Waals surface area contributed by atoms with Crippen molar-refractivity contribution in [1.82, 2.24) is 20.9 Å². The minimum absolute atomic E-state index is 0.233. The van der Waals surface area contributed by atoms with Crippen LogP contribution in [-0.4, -0.2) is 59.8 Å². The van der Waals surface area contributed by atoms with Gasteiger partial charge in [-0.05, 0) is 61.4 Å². The standard InChI is InChI=1S/C33H38N4O4.C3H6O/c1-20-26-12-6-5-11-23(26)16-28(20)32(40)35-21(2)31(39)37-30(17-24-18-34-29-14-8-7-13-27(24)29)33(41)36-25(19-38)15-22-9-3-4-10-22;1-3-2-4-3/h5-8,11-14,18-19,21-22,25,30,34H,3-4,9-10,15-17H2,1-2H3,(H,35,40)(H,36,41)(H,37,39);3H,2H2,1H3/t21?,25-,30?;/m0./s1. The van der Waals surface area contributed by atoms with Gasteiger partial charge in [0.25, 0.3) is 0 Å². The molecule has 2 aromatic carbocycles. The summed E-state index contributed by atoms with van der Waals surface area (Å²) < 4.78 is 4.71. The number of nitrogens with one attached hydrogen (secondary N) is 4. The molecule has 0 spiro atoms. The van der Waals surface area contributed by atoms with Gasteiger partial charge in [0.15, 0.2) is 0 Å². The molecule has 2 fully saturated rings. The molecular weight excluding hydrogens is 568 g/mol. The normalized spacial score (nSPS) is 19.1. The summed E-state index contributed by atoms with van der Waals surface area (Å²) in [5.74, 6) is -0.758. The van der Waals surface area contributed by atoms with Crippen LogP contribution in [0.3, 0.4) is 0 Å². The second-order valence-electron chi connectivity index (χ2n) is 12.5. The summed E-state index contributed by atoms with van der Waals surface area (Å²) in [5.41, 5.74) is 5.49. The first-order chi connectivity index (χ1) is 21.7. The van der Waals surface area contributed by atoms with E-state index in [2.05, 4.69) is 27.9 Å². The largest absolute Gasteiger partial charge is 0.373 e. The van der Waals surface area contributed by atoms with E-state index in [0.29, 0.717) is 30.4 Å². The van der Waals surface area contributed by atoms with Gasteiger partial charge in [-0.3, -0.25) is 14.4 Å². The number of ether oxygens (including phenoxy) is 1. The van der Waals surface area contributed by atoms with Crippen molar-refractivity contribution >= 4 is 40.5 Å². The van der Waals surface area contributed by atoms with Crippen molar-refractivity contribution in [3.8, 4) is 0 Å². The maximum Gasteiger partial charge on any atom is 0.248 e. The second-order valence-corrected chi connectivity index (χ2v) is 12.5. The van der Waals surface area contributed by atoms with Gasteiger partial charge >= 0.3 is 0 Å². The molecule has 4 atom stereocenters. The van der Waals surface area contributed by atoms with E-state index in [0.717, 1.165) is 71.7 Å². The molecule has 3 unspecified atom stereocenters. The summed E-state index contributed by atoms with van der Waals surface area (Å²) in [5, 5.41) is 9.51. The van der Waals surface area contributed by atoms with E-state index in [1.54, 1.807) is 6.92 Å². The number of carbonyl (C=O) groups excluding carboxylic acids is 4. The van der Waals surface area contributed by atoms with Gasteiger partial charge in [0.05, 0.1) is 18.8 Å². The molecule has 2 heterocycles. The molecule has 1 saturated heterocycles.